The lowest BCUT2D eigenvalue weighted by atomic mass is 9.97. The maximum Gasteiger partial charge on any atom is 0.250 e. The van der Waals surface area contributed by atoms with Crippen molar-refractivity contribution in [3.8, 4) is 0 Å². The van der Waals surface area contributed by atoms with Crippen molar-refractivity contribution >= 4 is 16.9 Å². The number of aryl methyl sites for hydroxylation is 1. The quantitative estimate of drug-likeness (QED) is 0.789. The SMILES string of the molecule is Cc1ccc2nc(C3CCCN(C(=O)Cn4ccccc4=O)C3)[nH]c2c1. The number of piperidine rings is 1. The second kappa shape index (κ2) is 6.78. The average Bonchev–Trinajstić information content (AvgIpc) is 3.07. The number of rotatable bonds is 3. The Bertz CT molecular complexity index is 1000. The van der Waals surface area contributed by atoms with Crippen LogP contribution in [-0.4, -0.2) is 38.4 Å². The minimum absolute atomic E-state index is 0.0186. The highest BCUT2D eigenvalue weighted by molar-refractivity contribution is 5.77. The predicted octanol–water partition coefficient (Wildman–Crippen LogP) is 2.44. The first-order chi connectivity index (χ1) is 12.6. The van der Waals surface area contributed by atoms with Crippen LogP contribution in [0.1, 0.15) is 30.1 Å². The standard InChI is InChI=1S/C20H22N4O2/c1-14-7-8-16-17(11-14)22-20(21-16)15-5-4-10-23(12-15)19(26)13-24-9-3-2-6-18(24)25/h2-3,6-9,11,15H,4-5,10,12-13H2,1H3,(H,21,22). The predicted molar refractivity (Wildman–Crippen MR) is 100 cm³/mol. The fraction of sp³-hybridized carbons (Fsp3) is 0.350. The third-order valence-electron chi connectivity index (χ3n) is 5.02. The van der Waals surface area contributed by atoms with E-state index in [2.05, 4.69) is 24.0 Å². The fourth-order valence-electron chi connectivity index (χ4n) is 3.60. The molecule has 6 heteroatoms. The van der Waals surface area contributed by atoms with E-state index in [-0.39, 0.29) is 23.9 Å². The van der Waals surface area contributed by atoms with E-state index >= 15 is 0 Å². The molecule has 1 aliphatic heterocycles. The number of nitrogens with zero attached hydrogens (tertiary/aromatic N) is 3. The normalized spacial score (nSPS) is 17.6. The lowest BCUT2D eigenvalue weighted by Gasteiger charge is -2.32. The zero-order valence-corrected chi connectivity index (χ0v) is 14.8. The van der Waals surface area contributed by atoms with Crippen molar-refractivity contribution in [2.75, 3.05) is 13.1 Å². The van der Waals surface area contributed by atoms with Gasteiger partial charge < -0.3 is 14.5 Å². The largest absolute Gasteiger partial charge is 0.342 e. The Kier molecular flexibility index (Phi) is 4.32. The molecule has 0 bridgehead atoms. The number of likely N-dealkylation sites (tertiary alicyclic amines) is 1. The molecule has 134 valence electrons. The Morgan fingerprint density at radius 3 is 3.04 bits per heavy atom. The third-order valence-corrected chi connectivity index (χ3v) is 5.02. The Labute approximate surface area is 151 Å². The third kappa shape index (κ3) is 3.27. The summed E-state index contributed by atoms with van der Waals surface area (Å²) in [7, 11) is 0. The summed E-state index contributed by atoms with van der Waals surface area (Å²) in [4.78, 5) is 34.5. The second-order valence-electron chi connectivity index (χ2n) is 6.99. The van der Waals surface area contributed by atoms with Gasteiger partial charge in [0.05, 0.1) is 11.0 Å². The van der Waals surface area contributed by atoms with Crippen LogP contribution in [-0.2, 0) is 11.3 Å². The second-order valence-corrected chi connectivity index (χ2v) is 6.99. The van der Waals surface area contributed by atoms with E-state index in [9.17, 15) is 9.59 Å². The van der Waals surface area contributed by atoms with E-state index in [1.807, 2.05) is 11.0 Å². The van der Waals surface area contributed by atoms with Crippen LogP contribution in [0.4, 0.5) is 0 Å². The highest BCUT2D eigenvalue weighted by Crippen LogP contribution is 2.27. The van der Waals surface area contributed by atoms with E-state index in [0.717, 1.165) is 36.2 Å². The molecule has 1 saturated heterocycles. The molecule has 0 spiro atoms. The molecule has 1 atom stereocenters. The van der Waals surface area contributed by atoms with Crippen molar-refractivity contribution in [3.63, 3.8) is 0 Å². The molecule has 1 aromatic carbocycles. The van der Waals surface area contributed by atoms with Crippen molar-refractivity contribution < 1.29 is 4.79 Å². The van der Waals surface area contributed by atoms with Crippen molar-refractivity contribution in [1.82, 2.24) is 19.4 Å². The zero-order chi connectivity index (χ0) is 18.1. The van der Waals surface area contributed by atoms with Crippen molar-refractivity contribution in [3.05, 3.63) is 64.3 Å². The maximum atomic E-state index is 12.6. The van der Waals surface area contributed by atoms with E-state index < -0.39 is 0 Å². The molecule has 1 fully saturated rings. The van der Waals surface area contributed by atoms with Gasteiger partial charge in [0.25, 0.3) is 5.56 Å². The molecule has 3 aromatic rings. The van der Waals surface area contributed by atoms with Gasteiger partial charge in [-0.25, -0.2) is 4.98 Å². The van der Waals surface area contributed by atoms with Gasteiger partial charge >= 0.3 is 0 Å². The van der Waals surface area contributed by atoms with Gasteiger partial charge in [-0.2, -0.15) is 0 Å². The molecule has 4 rings (SSSR count). The number of pyridine rings is 1. The first-order valence-electron chi connectivity index (χ1n) is 8.99. The van der Waals surface area contributed by atoms with E-state index in [1.54, 1.807) is 18.3 Å². The van der Waals surface area contributed by atoms with Crippen molar-refractivity contribution in [1.29, 1.82) is 0 Å². The molecule has 3 heterocycles. The van der Waals surface area contributed by atoms with Gasteiger partial charge in [-0.1, -0.05) is 12.1 Å². The number of imidazole rings is 1. The molecule has 1 aliphatic rings. The minimum atomic E-state index is -0.151. The fourth-order valence-corrected chi connectivity index (χ4v) is 3.60. The van der Waals surface area contributed by atoms with E-state index in [1.165, 1.54) is 16.2 Å². The van der Waals surface area contributed by atoms with Gasteiger partial charge in [-0.05, 0) is 43.5 Å². The van der Waals surface area contributed by atoms with Crippen molar-refractivity contribution in [2.45, 2.75) is 32.2 Å². The van der Waals surface area contributed by atoms with Crippen LogP contribution >= 0.6 is 0 Å². The van der Waals surface area contributed by atoms with Crippen LogP contribution in [0.15, 0.2) is 47.4 Å². The summed E-state index contributed by atoms with van der Waals surface area (Å²) in [5.74, 6) is 1.13. The molecule has 6 nitrogen and oxygen atoms in total. The molecule has 2 aromatic heterocycles. The molecule has 0 radical (unpaired) electrons. The lowest BCUT2D eigenvalue weighted by Crippen LogP contribution is -2.42. The zero-order valence-electron chi connectivity index (χ0n) is 14.8. The summed E-state index contributed by atoms with van der Waals surface area (Å²) in [6, 6.07) is 11.1. The Morgan fingerprint density at radius 1 is 1.31 bits per heavy atom. The number of aromatic amines is 1. The number of benzene rings is 1. The average molecular weight is 350 g/mol. The van der Waals surface area contributed by atoms with Gasteiger partial charge in [0.15, 0.2) is 0 Å². The monoisotopic (exact) mass is 350 g/mol. The van der Waals surface area contributed by atoms with Crippen LogP contribution in [0, 0.1) is 6.92 Å². The first-order valence-corrected chi connectivity index (χ1v) is 8.99. The number of fused-ring (bicyclic) bond motifs is 1. The smallest absolute Gasteiger partial charge is 0.250 e. The molecule has 1 unspecified atom stereocenters. The topological polar surface area (TPSA) is 71.0 Å². The number of aromatic nitrogens is 3. The Morgan fingerprint density at radius 2 is 2.19 bits per heavy atom. The molecule has 0 aliphatic carbocycles. The number of amides is 1. The van der Waals surface area contributed by atoms with Crippen molar-refractivity contribution in [2.24, 2.45) is 0 Å². The summed E-state index contributed by atoms with van der Waals surface area (Å²) < 4.78 is 1.45. The van der Waals surface area contributed by atoms with E-state index in [0.29, 0.717) is 6.54 Å². The first kappa shape index (κ1) is 16.6. The Hall–Kier alpha value is -2.89. The molecular weight excluding hydrogens is 328 g/mol. The molecular formula is C20H22N4O2. The molecule has 0 saturated carbocycles. The van der Waals surface area contributed by atoms with Gasteiger partial charge in [0.1, 0.15) is 12.4 Å². The van der Waals surface area contributed by atoms with Gasteiger partial charge in [-0.3, -0.25) is 9.59 Å². The number of H-pyrrole nitrogens is 1. The summed E-state index contributed by atoms with van der Waals surface area (Å²) in [6.45, 7) is 3.52. The number of carbonyl (C=O) groups is 1. The maximum absolute atomic E-state index is 12.6. The number of nitrogens with one attached hydrogen (secondary N) is 1. The number of hydrogen-bond acceptors (Lipinski definition) is 3. The van der Waals surface area contributed by atoms with Gasteiger partial charge in [0.2, 0.25) is 5.91 Å². The highest BCUT2D eigenvalue weighted by atomic mass is 16.2. The molecule has 1 amide bonds. The summed E-state index contributed by atoms with van der Waals surface area (Å²) >= 11 is 0. The van der Waals surface area contributed by atoms with Crippen LogP contribution in [0.2, 0.25) is 0 Å². The highest BCUT2D eigenvalue weighted by Gasteiger charge is 2.26. The van der Waals surface area contributed by atoms with E-state index in [4.69, 9.17) is 4.98 Å². The summed E-state index contributed by atoms with van der Waals surface area (Å²) in [5.41, 5.74) is 3.05. The number of hydrogen-bond donors (Lipinski definition) is 1. The Balaban J connectivity index is 1.50. The van der Waals surface area contributed by atoms with Gasteiger partial charge in [0, 0.05) is 31.3 Å². The molecule has 26 heavy (non-hydrogen) atoms. The minimum Gasteiger partial charge on any atom is -0.342 e. The summed E-state index contributed by atoms with van der Waals surface area (Å²) in [5, 5.41) is 0. The summed E-state index contributed by atoms with van der Waals surface area (Å²) in [6.07, 6.45) is 3.60. The lowest BCUT2D eigenvalue weighted by molar-refractivity contribution is -0.133. The van der Waals surface area contributed by atoms with Crippen LogP contribution in [0.5, 0.6) is 0 Å². The van der Waals surface area contributed by atoms with Gasteiger partial charge in [-0.15, -0.1) is 0 Å². The number of carbonyl (C=O) groups excluding carboxylic acids is 1. The van der Waals surface area contributed by atoms with Crippen LogP contribution < -0.4 is 5.56 Å². The molecule has 1 N–H and O–H groups in total. The van der Waals surface area contributed by atoms with Crippen LogP contribution in [0.3, 0.4) is 0 Å². The van der Waals surface area contributed by atoms with Crippen LogP contribution in [0.25, 0.3) is 11.0 Å².